The third-order valence-corrected chi connectivity index (χ3v) is 7.23. The number of aliphatic carboxylic acids is 1. The van der Waals surface area contributed by atoms with Gasteiger partial charge in [-0.15, -0.1) is 0 Å². The molecule has 1 aromatic carbocycles. The van der Waals surface area contributed by atoms with Gasteiger partial charge in [0.2, 0.25) is 0 Å². The molecule has 8 nitrogen and oxygen atoms in total. The molecule has 1 saturated heterocycles. The van der Waals surface area contributed by atoms with Crippen molar-refractivity contribution in [2.75, 3.05) is 13.1 Å². The third kappa shape index (κ3) is 2.33. The van der Waals surface area contributed by atoms with Crippen molar-refractivity contribution in [1.29, 1.82) is 0 Å². The fraction of sp³-hybridized carbons (Fsp3) is 0.471. The van der Waals surface area contributed by atoms with Gasteiger partial charge >= 0.3 is 5.97 Å². The standard InChI is InChI=1S/C17H18N2O6S/c1-17(16(22)23)6-7-18(9-17)14(20)10-2-5-12-13(8-10)26(24,25)19(15(12)21)11-3-4-11/h2,5,8,11H,3-4,6-7,9H2,1H3,(H,22,23)/t17-/m0/s1. The van der Waals surface area contributed by atoms with Gasteiger partial charge in [0.15, 0.2) is 0 Å². The minimum Gasteiger partial charge on any atom is -0.481 e. The van der Waals surface area contributed by atoms with E-state index in [2.05, 4.69) is 0 Å². The average Bonchev–Trinajstić information content (AvgIpc) is 3.29. The summed E-state index contributed by atoms with van der Waals surface area (Å²) < 4.78 is 26.3. The highest BCUT2D eigenvalue weighted by molar-refractivity contribution is 7.90. The van der Waals surface area contributed by atoms with E-state index in [1.807, 2.05) is 0 Å². The van der Waals surface area contributed by atoms with Gasteiger partial charge in [-0.2, -0.15) is 0 Å². The molecule has 0 unspecified atom stereocenters. The van der Waals surface area contributed by atoms with E-state index < -0.39 is 33.2 Å². The Bertz CT molecular complexity index is 952. The molecule has 2 amide bonds. The van der Waals surface area contributed by atoms with Crippen molar-refractivity contribution < 1.29 is 27.9 Å². The molecule has 4 rings (SSSR count). The molecular formula is C17H18N2O6S. The Morgan fingerprint density at radius 2 is 1.96 bits per heavy atom. The largest absolute Gasteiger partial charge is 0.481 e. The molecule has 1 aliphatic carbocycles. The molecule has 0 aromatic heterocycles. The van der Waals surface area contributed by atoms with Gasteiger partial charge in [-0.3, -0.25) is 14.4 Å². The number of carbonyl (C=O) groups is 3. The monoisotopic (exact) mass is 378 g/mol. The summed E-state index contributed by atoms with van der Waals surface area (Å²) in [6.45, 7) is 1.94. The molecule has 9 heteroatoms. The summed E-state index contributed by atoms with van der Waals surface area (Å²) >= 11 is 0. The summed E-state index contributed by atoms with van der Waals surface area (Å²) in [6.07, 6.45) is 1.66. The lowest BCUT2D eigenvalue weighted by atomic mass is 9.90. The van der Waals surface area contributed by atoms with E-state index in [-0.39, 0.29) is 28.6 Å². The SMILES string of the molecule is C[C@]1(C(=O)O)CCN(C(=O)c2ccc3c(c2)S(=O)(=O)N(C2CC2)C3=O)C1. The number of carbonyl (C=O) groups excluding carboxylic acids is 2. The van der Waals surface area contributed by atoms with Gasteiger partial charge in [0.05, 0.1) is 11.0 Å². The molecule has 0 bridgehead atoms. The van der Waals surface area contributed by atoms with Gasteiger partial charge in [0, 0.05) is 24.7 Å². The van der Waals surface area contributed by atoms with Gasteiger partial charge in [-0.1, -0.05) is 0 Å². The van der Waals surface area contributed by atoms with E-state index >= 15 is 0 Å². The lowest BCUT2D eigenvalue weighted by molar-refractivity contribution is -0.147. The van der Waals surface area contributed by atoms with Gasteiger partial charge in [0.25, 0.3) is 21.8 Å². The molecule has 0 radical (unpaired) electrons. The second-order valence-corrected chi connectivity index (χ2v) is 9.17. The number of hydrogen-bond acceptors (Lipinski definition) is 5. The van der Waals surface area contributed by atoms with Crippen molar-refractivity contribution in [3.63, 3.8) is 0 Å². The molecular weight excluding hydrogens is 360 g/mol. The molecule has 2 heterocycles. The van der Waals surface area contributed by atoms with Crippen LogP contribution in [0, 0.1) is 5.41 Å². The van der Waals surface area contributed by atoms with Gasteiger partial charge in [-0.25, -0.2) is 12.7 Å². The van der Waals surface area contributed by atoms with Crippen LogP contribution in [0.4, 0.5) is 0 Å². The van der Waals surface area contributed by atoms with E-state index in [1.165, 1.54) is 23.1 Å². The molecule has 138 valence electrons. The molecule has 0 spiro atoms. The van der Waals surface area contributed by atoms with Crippen LogP contribution in [0.3, 0.4) is 0 Å². The summed E-state index contributed by atoms with van der Waals surface area (Å²) in [6, 6.07) is 3.76. The van der Waals surface area contributed by atoms with Crippen LogP contribution in [0.2, 0.25) is 0 Å². The number of sulfonamides is 1. The molecule has 2 aliphatic heterocycles. The second kappa shape index (κ2) is 5.29. The van der Waals surface area contributed by atoms with Gasteiger partial charge < -0.3 is 10.0 Å². The van der Waals surface area contributed by atoms with E-state index in [9.17, 15) is 27.9 Å². The Morgan fingerprint density at radius 3 is 2.54 bits per heavy atom. The van der Waals surface area contributed by atoms with Crippen LogP contribution in [-0.2, 0) is 14.8 Å². The van der Waals surface area contributed by atoms with E-state index in [0.29, 0.717) is 25.8 Å². The number of fused-ring (bicyclic) bond motifs is 1. The molecule has 26 heavy (non-hydrogen) atoms. The maximum absolute atomic E-state index is 12.7. The van der Waals surface area contributed by atoms with Crippen LogP contribution in [0.15, 0.2) is 23.1 Å². The van der Waals surface area contributed by atoms with Gasteiger partial charge in [0.1, 0.15) is 4.90 Å². The lowest BCUT2D eigenvalue weighted by Gasteiger charge is -2.20. The molecule has 1 saturated carbocycles. The van der Waals surface area contributed by atoms with Crippen LogP contribution in [0.1, 0.15) is 46.9 Å². The maximum Gasteiger partial charge on any atom is 0.311 e. The molecule has 1 aromatic rings. The Balaban J connectivity index is 1.65. The topological polar surface area (TPSA) is 112 Å². The van der Waals surface area contributed by atoms with Crippen molar-refractivity contribution in [2.24, 2.45) is 5.41 Å². The smallest absolute Gasteiger partial charge is 0.311 e. The Morgan fingerprint density at radius 1 is 1.27 bits per heavy atom. The fourth-order valence-electron chi connectivity index (χ4n) is 3.54. The summed E-state index contributed by atoms with van der Waals surface area (Å²) in [5.74, 6) is -1.93. The molecule has 3 aliphatic rings. The van der Waals surface area contributed by atoms with Crippen molar-refractivity contribution in [3.05, 3.63) is 29.3 Å². The number of amides is 2. The number of hydrogen-bond donors (Lipinski definition) is 1. The normalized spacial score (nSPS) is 26.9. The van der Waals surface area contributed by atoms with E-state index in [0.717, 1.165) is 4.31 Å². The highest BCUT2D eigenvalue weighted by atomic mass is 32.2. The quantitative estimate of drug-likeness (QED) is 0.837. The minimum absolute atomic E-state index is 0.0676. The van der Waals surface area contributed by atoms with Crippen molar-refractivity contribution in [2.45, 2.75) is 37.1 Å². The first-order valence-electron chi connectivity index (χ1n) is 8.41. The Labute approximate surface area is 150 Å². The number of likely N-dealkylation sites (tertiary alicyclic amines) is 1. The predicted octanol–water partition coefficient (Wildman–Crippen LogP) is 0.930. The molecule has 2 fully saturated rings. The van der Waals surface area contributed by atoms with Crippen LogP contribution >= 0.6 is 0 Å². The summed E-state index contributed by atoms with van der Waals surface area (Å²) in [4.78, 5) is 37.7. The minimum atomic E-state index is -3.93. The number of carboxylic acids is 1. The summed E-state index contributed by atoms with van der Waals surface area (Å²) in [7, 11) is -3.93. The zero-order chi connectivity index (χ0) is 18.9. The van der Waals surface area contributed by atoms with Crippen LogP contribution < -0.4 is 0 Å². The van der Waals surface area contributed by atoms with Crippen LogP contribution in [0.25, 0.3) is 0 Å². The molecule has 1 N–H and O–H groups in total. The Kier molecular flexibility index (Phi) is 3.46. The predicted molar refractivity (Wildman–Crippen MR) is 89.1 cm³/mol. The maximum atomic E-state index is 12.7. The zero-order valence-electron chi connectivity index (χ0n) is 14.1. The third-order valence-electron chi connectivity index (χ3n) is 5.35. The highest BCUT2D eigenvalue weighted by Crippen LogP contribution is 2.40. The van der Waals surface area contributed by atoms with Crippen molar-refractivity contribution >= 4 is 27.8 Å². The lowest BCUT2D eigenvalue weighted by Crippen LogP contribution is -2.35. The number of rotatable bonds is 3. The number of carboxylic acid groups (broad SMARTS) is 1. The van der Waals surface area contributed by atoms with E-state index in [1.54, 1.807) is 6.92 Å². The number of nitrogens with zero attached hydrogens (tertiary/aromatic N) is 2. The first-order valence-corrected chi connectivity index (χ1v) is 9.85. The van der Waals surface area contributed by atoms with Crippen molar-refractivity contribution in [3.8, 4) is 0 Å². The first kappa shape index (κ1) is 17.0. The molecule has 1 atom stereocenters. The van der Waals surface area contributed by atoms with Crippen molar-refractivity contribution in [1.82, 2.24) is 9.21 Å². The number of benzene rings is 1. The van der Waals surface area contributed by atoms with Crippen LogP contribution in [0.5, 0.6) is 0 Å². The highest BCUT2D eigenvalue weighted by Gasteiger charge is 2.49. The van der Waals surface area contributed by atoms with Crippen LogP contribution in [-0.4, -0.2) is 59.6 Å². The fourth-order valence-corrected chi connectivity index (χ4v) is 5.38. The average molecular weight is 378 g/mol. The summed E-state index contributed by atoms with van der Waals surface area (Å²) in [5.41, 5.74) is -0.769. The first-order chi connectivity index (χ1) is 12.1. The Hall–Kier alpha value is -2.42. The van der Waals surface area contributed by atoms with E-state index in [4.69, 9.17) is 0 Å². The zero-order valence-corrected chi connectivity index (χ0v) is 15.0. The van der Waals surface area contributed by atoms with Gasteiger partial charge in [-0.05, 0) is 44.4 Å². The summed E-state index contributed by atoms with van der Waals surface area (Å²) in [5, 5.41) is 9.29. The second-order valence-electron chi connectivity index (χ2n) is 7.39.